The fourth-order valence-corrected chi connectivity index (χ4v) is 5.56. The number of amidine groups is 1. The van der Waals surface area contributed by atoms with E-state index in [4.69, 9.17) is 15.5 Å². The number of hydrogen-bond acceptors (Lipinski definition) is 8. The maximum Gasteiger partial charge on any atom is 0.387 e. The van der Waals surface area contributed by atoms with Crippen LogP contribution in [0.4, 0.5) is 14.6 Å². The molecule has 1 aromatic heterocycles. The van der Waals surface area contributed by atoms with Crippen LogP contribution < -0.4 is 15.8 Å². The van der Waals surface area contributed by atoms with E-state index in [1.54, 1.807) is 17.1 Å². The molecule has 1 fully saturated rings. The first-order valence-corrected chi connectivity index (χ1v) is 11.1. The summed E-state index contributed by atoms with van der Waals surface area (Å²) < 4.78 is 34.7. The van der Waals surface area contributed by atoms with Gasteiger partial charge < -0.3 is 20.5 Å². The smallest absolute Gasteiger partial charge is 0.387 e. The number of halogens is 2. The van der Waals surface area contributed by atoms with Gasteiger partial charge >= 0.3 is 6.61 Å². The van der Waals surface area contributed by atoms with Gasteiger partial charge in [-0.25, -0.2) is 9.98 Å². The Morgan fingerprint density at radius 3 is 2.90 bits per heavy atom. The zero-order chi connectivity index (χ0) is 21.3. The number of carbonyl (C=O) groups excluding carboxylic acids is 1. The Morgan fingerprint density at radius 2 is 2.17 bits per heavy atom. The minimum absolute atomic E-state index is 0.0141. The Morgan fingerprint density at radius 1 is 1.40 bits per heavy atom. The molecule has 11 heteroatoms. The molecule has 0 bridgehead atoms. The second kappa shape index (κ2) is 8.48. The number of aliphatic imine (C=N–C) groups is 1. The molecule has 7 nitrogen and oxygen atoms in total. The van der Waals surface area contributed by atoms with Gasteiger partial charge in [-0.05, 0) is 37.6 Å². The molecule has 3 N–H and O–H groups in total. The molecule has 0 aliphatic carbocycles. The van der Waals surface area contributed by atoms with Crippen LogP contribution in [0.5, 0.6) is 5.75 Å². The molecule has 2 aliphatic heterocycles. The third-order valence-electron chi connectivity index (χ3n) is 5.08. The molecular formula is C19H20F2N4O3S2. The van der Waals surface area contributed by atoms with Crippen LogP contribution in [0, 0.1) is 5.92 Å². The standard InChI is InChI=1S/C19H20F2N4O3S2/c1-10-6-12-7-30-18(22)25-19(12,9-27-10)16-24-14(8-29-16)23-15(26)11-2-4-13(5-3-11)28-17(20)21/h2-5,8,10,12,17H,6-7,9H2,1H3,(H2,22,25)(H,23,26)/t10-,12-,19-/m0/s1. The molecule has 0 saturated carbocycles. The van der Waals surface area contributed by atoms with E-state index in [1.165, 1.54) is 35.6 Å². The van der Waals surface area contributed by atoms with Crippen LogP contribution in [0.2, 0.25) is 0 Å². The van der Waals surface area contributed by atoms with Crippen molar-refractivity contribution in [2.45, 2.75) is 31.6 Å². The first-order valence-electron chi connectivity index (χ1n) is 9.27. The van der Waals surface area contributed by atoms with Crippen LogP contribution in [-0.2, 0) is 10.3 Å². The summed E-state index contributed by atoms with van der Waals surface area (Å²) in [6.45, 7) is -0.475. The highest BCUT2D eigenvalue weighted by Crippen LogP contribution is 2.47. The van der Waals surface area contributed by atoms with E-state index >= 15 is 0 Å². The highest BCUT2D eigenvalue weighted by molar-refractivity contribution is 8.13. The van der Waals surface area contributed by atoms with Gasteiger partial charge in [0.1, 0.15) is 22.1 Å². The summed E-state index contributed by atoms with van der Waals surface area (Å²) in [6, 6.07) is 5.45. The fraction of sp³-hybridized carbons (Fsp3) is 0.421. The molecule has 1 amide bonds. The first kappa shape index (κ1) is 21.0. The normalized spacial score (nSPS) is 26.1. The van der Waals surface area contributed by atoms with Gasteiger partial charge in [-0.15, -0.1) is 11.3 Å². The van der Waals surface area contributed by atoms with Crippen LogP contribution >= 0.6 is 23.1 Å². The number of rotatable bonds is 5. The summed E-state index contributed by atoms with van der Waals surface area (Å²) in [6.07, 6.45) is 1.01. The van der Waals surface area contributed by atoms with Gasteiger partial charge in [0.25, 0.3) is 5.91 Å². The highest BCUT2D eigenvalue weighted by Gasteiger charge is 2.49. The number of hydrogen-bond donors (Lipinski definition) is 2. The summed E-state index contributed by atoms with van der Waals surface area (Å²) in [7, 11) is 0. The number of nitrogens with one attached hydrogen (secondary N) is 1. The number of aromatic nitrogens is 1. The fourth-order valence-electron chi connectivity index (χ4n) is 3.59. The number of thioether (sulfide) groups is 1. The molecule has 0 unspecified atom stereocenters. The SMILES string of the molecule is C[C@H]1C[C@H]2CSC(N)=N[C@@]2(c2nc(NC(=O)c3ccc(OC(F)F)cc3)cs2)CO1. The summed E-state index contributed by atoms with van der Waals surface area (Å²) in [5.41, 5.74) is 5.68. The van der Waals surface area contributed by atoms with Crippen LogP contribution in [0.3, 0.4) is 0 Å². The van der Waals surface area contributed by atoms with Crippen molar-refractivity contribution in [2.75, 3.05) is 17.7 Å². The molecule has 1 aromatic carbocycles. The van der Waals surface area contributed by atoms with Gasteiger partial charge in [0.05, 0.1) is 12.7 Å². The molecule has 2 aliphatic rings. The lowest BCUT2D eigenvalue weighted by Crippen LogP contribution is -2.49. The van der Waals surface area contributed by atoms with Crippen LogP contribution in [-0.4, -0.2) is 41.1 Å². The lowest BCUT2D eigenvalue weighted by molar-refractivity contribution is -0.0498. The molecule has 0 radical (unpaired) electrons. The molecule has 4 rings (SSSR count). The number of anilines is 1. The topological polar surface area (TPSA) is 98.8 Å². The zero-order valence-corrected chi connectivity index (χ0v) is 17.6. The van der Waals surface area contributed by atoms with E-state index in [1.807, 2.05) is 6.92 Å². The average molecular weight is 455 g/mol. The molecule has 160 valence electrons. The van der Waals surface area contributed by atoms with Crippen molar-refractivity contribution < 1.29 is 23.0 Å². The van der Waals surface area contributed by atoms with Crippen molar-refractivity contribution in [3.63, 3.8) is 0 Å². The number of nitrogens with two attached hydrogens (primary N) is 1. The molecule has 0 spiro atoms. The maximum atomic E-state index is 12.5. The Kier molecular flexibility index (Phi) is 5.94. The van der Waals surface area contributed by atoms with Crippen molar-refractivity contribution in [1.29, 1.82) is 0 Å². The quantitative estimate of drug-likeness (QED) is 0.715. The van der Waals surface area contributed by atoms with Gasteiger partial charge in [0.15, 0.2) is 5.17 Å². The molecular weight excluding hydrogens is 434 g/mol. The zero-order valence-electron chi connectivity index (χ0n) is 16.0. The van der Waals surface area contributed by atoms with E-state index < -0.39 is 18.1 Å². The monoisotopic (exact) mass is 454 g/mol. The predicted octanol–water partition coefficient (Wildman–Crippen LogP) is 3.68. The molecule has 3 atom stereocenters. The van der Waals surface area contributed by atoms with Gasteiger partial charge in [-0.3, -0.25) is 4.79 Å². The summed E-state index contributed by atoms with van der Waals surface area (Å²) >= 11 is 2.94. The number of benzene rings is 1. The number of thiazole rings is 1. The van der Waals surface area contributed by atoms with Crippen molar-refractivity contribution in [3.8, 4) is 5.75 Å². The molecule has 1 saturated heterocycles. The number of alkyl halides is 2. The molecule has 30 heavy (non-hydrogen) atoms. The van der Waals surface area contributed by atoms with Crippen molar-refractivity contribution in [1.82, 2.24) is 4.98 Å². The van der Waals surface area contributed by atoms with Gasteiger partial charge in [0, 0.05) is 22.6 Å². The van der Waals surface area contributed by atoms with Gasteiger partial charge in [-0.2, -0.15) is 8.78 Å². The number of carbonyl (C=O) groups is 1. The third kappa shape index (κ3) is 4.28. The minimum Gasteiger partial charge on any atom is -0.435 e. The predicted molar refractivity (Wildman–Crippen MR) is 112 cm³/mol. The Hall–Kier alpha value is -2.24. The van der Waals surface area contributed by atoms with Gasteiger partial charge in [-0.1, -0.05) is 11.8 Å². The number of nitrogens with zero attached hydrogens (tertiary/aromatic N) is 2. The van der Waals surface area contributed by atoms with E-state index in [-0.39, 0.29) is 17.8 Å². The first-order chi connectivity index (χ1) is 14.4. The Balaban J connectivity index is 1.51. The number of amides is 1. The Labute approximate surface area is 180 Å². The lowest BCUT2D eigenvalue weighted by atomic mass is 9.80. The lowest BCUT2D eigenvalue weighted by Gasteiger charge is -2.44. The Bertz CT molecular complexity index is 954. The average Bonchev–Trinajstić information content (AvgIpc) is 3.17. The third-order valence-corrected chi connectivity index (χ3v) is 7.04. The minimum atomic E-state index is -2.91. The number of fused-ring (bicyclic) bond motifs is 1. The van der Waals surface area contributed by atoms with Crippen molar-refractivity contribution in [3.05, 3.63) is 40.2 Å². The van der Waals surface area contributed by atoms with Crippen LogP contribution in [0.1, 0.15) is 28.7 Å². The summed E-state index contributed by atoms with van der Waals surface area (Å²) in [4.78, 5) is 21.8. The molecule has 2 aromatic rings. The van der Waals surface area contributed by atoms with Crippen LogP contribution in [0.15, 0.2) is 34.6 Å². The summed E-state index contributed by atoms with van der Waals surface area (Å²) in [5, 5.41) is 5.74. The van der Waals surface area contributed by atoms with E-state index in [2.05, 4.69) is 15.0 Å². The van der Waals surface area contributed by atoms with E-state index in [0.29, 0.717) is 23.2 Å². The van der Waals surface area contributed by atoms with Crippen molar-refractivity contribution in [2.24, 2.45) is 16.6 Å². The second-order valence-corrected chi connectivity index (χ2v) is 9.03. The van der Waals surface area contributed by atoms with E-state index in [0.717, 1.165) is 17.2 Å². The molecule has 3 heterocycles. The van der Waals surface area contributed by atoms with Crippen molar-refractivity contribution >= 4 is 40.0 Å². The van der Waals surface area contributed by atoms with E-state index in [9.17, 15) is 13.6 Å². The number of ether oxygens (including phenoxy) is 2. The largest absolute Gasteiger partial charge is 0.435 e. The second-order valence-electron chi connectivity index (χ2n) is 7.13. The maximum absolute atomic E-state index is 12.5. The van der Waals surface area contributed by atoms with Crippen LogP contribution in [0.25, 0.3) is 0 Å². The summed E-state index contributed by atoms with van der Waals surface area (Å²) in [5.74, 6) is 1.07. The van der Waals surface area contributed by atoms with Gasteiger partial charge in [0.2, 0.25) is 0 Å². The highest BCUT2D eigenvalue weighted by atomic mass is 32.2.